The van der Waals surface area contributed by atoms with Crippen LogP contribution in [0.5, 0.6) is 0 Å². The van der Waals surface area contributed by atoms with E-state index in [0.29, 0.717) is 17.9 Å². The van der Waals surface area contributed by atoms with Crippen LogP contribution in [0.3, 0.4) is 0 Å². The average molecular weight is 323 g/mol. The lowest BCUT2D eigenvalue weighted by atomic mass is 10.1. The predicted molar refractivity (Wildman–Crippen MR) is 91.6 cm³/mol. The lowest BCUT2D eigenvalue weighted by molar-refractivity contribution is -0.385. The molecule has 3 rings (SSSR count). The molecule has 0 radical (unpaired) electrons. The van der Waals surface area contributed by atoms with Gasteiger partial charge in [-0.15, -0.1) is 0 Å². The Morgan fingerprint density at radius 3 is 2.75 bits per heavy atom. The predicted octanol–water partition coefficient (Wildman–Crippen LogP) is 3.31. The smallest absolute Gasteiger partial charge is 0.290 e. The Labute approximate surface area is 139 Å². The van der Waals surface area contributed by atoms with Crippen molar-refractivity contribution in [2.45, 2.75) is 13.5 Å². The Morgan fingerprint density at radius 1 is 1.25 bits per heavy atom. The maximum Gasteiger partial charge on any atom is 0.290 e. The number of anilines is 1. The highest BCUT2D eigenvalue weighted by Crippen LogP contribution is 2.21. The lowest BCUT2D eigenvalue weighted by Crippen LogP contribution is -2.03. The Hall–Kier alpha value is -3.22. The zero-order chi connectivity index (χ0) is 17.1. The van der Waals surface area contributed by atoms with Crippen molar-refractivity contribution in [3.05, 3.63) is 70.2 Å². The highest BCUT2D eigenvalue weighted by atomic mass is 16.6. The Morgan fingerprint density at radius 2 is 2.08 bits per heavy atom. The van der Waals surface area contributed by atoms with Gasteiger partial charge in [0.25, 0.3) is 5.69 Å². The van der Waals surface area contributed by atoms with Crippen LogP contribution in [-0.2, 0) is 13.6 Å². The van der Waals surface area contributed by atoms with Crippen molar-refractivity contribution in [3.63, 3.8) is 0 Å². The fourth-order valence-corrected chi connectivity index (χ4v) is 2.46. The maximum absolute atomic E-state index is 10.8. The van der Waals surface area contributed by atoms with Gasteiger partial charge in [-0.05, 0) is 30.2 Å². The fourth-order valence-electron chi connectivity index (χ4n) is 2.46. The molecular formula is C17H17N5O2. The summed E-state index contributed by atoms with van der Waals surface area (Å²) in [6, 6.07) is 9.82. The monoisotopic (exact) mass is 323 g/mol. The number of aryl methyl sites for hydroxylation is 2. The Bertz CT molecular complexity index is 888. The highest BCUT2D eigenvalue weighted by Gasteiger charge is 2.11. The summed E-state index contributed by atoms with van der Waals surface area (Å²) in [5, 5.41) is 18.2. The van der Waals surface area contributed by atoms with Crippen molar-refractivity contribution < 1.29 is 4.92 Å². The fraction of sp³-hybridized carbons (Fsp3) is 0.176. The topological polar surface area (TPSA) is 85.9 Å². The third kappa shape index (κ3) is 3.40. The molecule has 0 bridgehead atoms. The summed E-state index contributed by atoms with van der Waals surface area (Å²) in [7, 11) is 1.89. The van der Waals surface area contributed by atoms with Gasteiger partial charge in [0.05, 0.1) is 11.1 Å². The summed E-state index contributed by atoms with van der Waals surface area (Å²) in [6.45, 7) is 2.28. The van der Waals surface area contributed by atoms with E-state index < -0.39 is 4.92 Å². The summed E-state index contributed by atoms with van der Waals surface area (Å²) in [4.78, 5) is 14.5. The van der Waals surface area contributed by atoms with Crippen molar-refractivity contribution in [2.24, 2.45) is 7.05 Å². The molecule has 3 aromatic rings. The molecule has 7 heteroatoms. The molecule has 0 saturated heterocycles. The normalized spacial score (nSPS) is 10.6. The molecule has 7 nitrogen and oxygen atoms in total. The molecule has 0 atom stereocenters. The van der Waals surface area contributed by atoms with Crippen molar-refractivity contribution >= 4 is 11.5 Å². The van der Waals surface area contributed by atoms with E-state index in [4.69, 9.17) is 0 Å². The van der Waals surface area contributed by atoms with E-state index in [1.165, 1.54) is 6.20 Å². The second kappa shape index (κ2) is 6.49. The molecule has 0 saturated carbocycles. The first-order valence-corrected chi connectivity index (χ1v) is 7.46. The first-order valence-electron chi connectivity index (χ1n) is 7.46. The van der Waals surface area contributed by atoms with Crippen LogP contribution in [0.4, 0.5) is 11.5 Å². The SMILES string of the molecule is Cc1cc(NCc2cccc(-c3cnn(C)c3)c2)ncc1[N+](=O)[O-]. The van der Waals surface area contributed by atoms with Gasteiger partial charge in [-0.2, -0.15) is 5.10 Å². The van der Waals surface area contributed by atoms with Crippen molar-refractivity contribution in [3.8, 4) is 11.1 Å². The van der Waals surface area contributed by atoms with E-state index in [9.17, 15) is 10.1 Å². The second-order valence-corrected chi connectivity index (χ2v) is 5.57. The first-order chi connectivity index (χ1) is 11.5. The van der Waals surface area contributed by atoms with Gasteiger partial charge in [-0.25, -0.2) is 4.98 Å². The molecular weight excluding hydrogens is 306 g/mol. The molecule has 0 fully saturated rings. The first kappa shape index (κ1) is 15.7. The third-order valence-corrected chi connectivity index (χ3v) is 3.72. The van der Waals surface area contributed by atoms with Crippen molar-refractivity contribution in [1.82, 2.24) is 14.8 Å². The zero-order valence-corrected chi connectivity index (χ0v) is 13.4. The number of hydrogen-bond acceptors (Lipinski definition) is 5. The average Bonchev–Trinajstić information content (AvgIpc) is 2.99. The number of hydrogen-bond donors (Lipinski definition) is 1. The molecule has 0 aliphatic carbocycles. The van der Waals surface area contributed by atoms with Gasteiger partial charge in [-0.1, -0.05) is 18.2 Å². The lowest BCUT2D eigenvalue weighted by Gasteiger charge is -2.08. The molecule has 0 amide bonds. The molecule has 24 heavy (non-hydrogen) atoms. The summed E-state index contributed by atoms with van der Waals surface area (Å²) >= 11 is 0. The number of pyridine rings is 1. The van der Waals surface area contributed by atoms with Crippen LogP contribution in [0, 0.1) is 17.0 Å². The van der Waals surface area contributed by atoms with E-state index in [-0.39, 0.29) is 5.69 Å². The maximum atomic E-state index is 10.8. The minimum Gasteiger partial charge on any atom is -0.366 e. The van der Waals surface area contributed by atoms with Crippen molar-refractivity contribution in [1.29, 1.82) is 0 Å². The molecule has 0 aliphatic heterocycles. The van der Waals surface area contributed by atoms with E-state index in [1.54, 1.807) is 17.7 Å². The van der Waals surface area contributed by atoms with Crippen LogP contribution < -0.4 is 5.32 Å². The summed E-state index contributed by atoms with van der Waals surface area (Å²) in [5.41, 5.74) is 3.86. The van der Waals surface area contributed by atoms with Crippen LogP contribution in [0.2, 0.25) is 0 Å². The van der Waals surface area contributed by atoms with Crippen LogP contribution in [-0.4, -0.2) is 19.7 Å². The molecule has 2 aromatic heterocycles. The van der Waals surface area contributed by atoms with Gasteiger partial charge in [-0.3, -0.25) is 14.8 Å². The van der Waals surface area contributed by atoms with Gasteiger partial charge in [0.15, 0.2) is 0 Å². The quantitative estimate of drug-likeness (QED) is 0.575. The van der Waals surface area contributed by atoms with E-state index in [2.05, 4.69) is 21.5 Å². The molecule has 1 N–H and O–H groups in total. The van der Waals surface area contributed by atoms with Gasteiger partial charge in [0, 0.05) is 30.9 Å². The Kier molecular flexibility index (Phi) is 4.24. The van der Waals surface area contributed by atoms with Crippen LogP contribution in [0.15, 0.2) is 48.9 Å². The van der Waals surface area contributed by atoms with Crippen LogP contribution >= 0.6 is 0 Å². The minimum absolute atomic E-state index is 0.0270. The highest BCUT2D eigenvalue weighted by molar-refractivity contribution is 5.62. The standard InChI is InChI=1S/C17H17N5O2/c1-12-6-17(19-10-16(12)22(23)24)18-8-13-4-3-5-14(7-13)15-9-20-21(2)11-15/h3-7,9-11H,8H2,1-2H3,(H,18,19). The van der Waals surface area contributed by atoms with E-state index in [1.807, 2.05) is 37.6 Å². The molecule has 1 aromatic carbocycles. The number of aromatic nitrogens is 3. The van der Waals surface area contributed by atoms with Gasteiger partial charge >= 0.3 is 0 Å². The molecule has 122 valence electrons. The summed E-state index contributed by atoms with van der Waals surface area (Å²) in [6.07, 6.45) is 5.07. The minimum atomic E-state index is -0.427. The van der Waals surface area contributed by atoms with E-state index >= 15 is 0 Å². The van der Waals surface area contributed by atoms with Crippen LogP contribution in [0.25, 0.3) is 11.1 Å². The Balaban J connectivity index is 1.73. The van der Waals surface area contributed by atoms with Crippen molar-refractivity contribution in [2.75, 3.05) is 5.32 Å². The number of benzene rings is 1. The number of nitro groups is 1. The van der Waals surface area contributed by atoms with Gasteiger partial charge in [0.1, 0.15) is 12.0 Å². The zero-order valence-electron chi connectivity index (χ0n) is 13.4. The summed E-state index contributed by atoms with van der Waals surface area (Å²) in [5.74, 6) is 0.616. The van der Waals surface area contributed by atoms with Gasteiger partial charge < -0.3 is 5.32 Å². The number of nitrogens with zero attached hydrogens (tertiary/aromatic N) is 4. The molecule has 0 spiro atoms. The number of rotatable bonds is 5. The third-order valence-electron chi connectivity index (χ3n) is 3.72. The number of nitrogens with one attached hydrogen (secondary N) is 1. The molecule has 0 unspecified atom stereocenters. The molecule has 2 heterocycles. The molecule has 0 aliphatic rings. The van der Waals surface area contributed by atoms with E-state index in [0.717, 1.165) is 16.7 Å². The largest absolute Gasteiger partial charge is 0.366 e. The second-order valence-electron chi connectivity index (χ2n) is 5.57. The van der Waals surface area contributed by atoms with Crippen LogP contribution in [0.1, 0.15) is 11.1 Å². The summed E-state index contributed by atoms with van der Waals surface area (Å²) < 4.78 is 1.77. The van der Waals surface area contributed by atoms with Gasteiger partial charge in [0.2, 0.25) is 0 Å².